The minimum absolute atomic E-state index is 0.220. The standard InChI is InChI=1S/C8H12N2O3/c1-2-3-13-5-6-9-7(11)4-8(12)10-6/h4H,2-3,5H2,1H3,(H2,9,10,11,12). The Morgan fingerprint density at radius 3 is 3.08 bits per heavy atom. The van der Waals surface area contributed by atoms with E-state index in [2.05, 4.69) is 9.97 Å². The molecule has 0 aliphatic rings. The number of aromatic amines is 1. The van der Waals surface area contributed by atoms with E-state index in [1.54, 1.807) is 0 Å². The Kier molecular flexibility index (Phi) is 3.45. The third kappa shape index (κ3) is 3.25. The van der Waals surface area contributed by atoms with E-state index >= 15 is 0 Å². The first-order chi connectivity index (χ1) is 6.22. The third-order valence-electron chi connectivity index (χ3n) is 1.36. The summed E-state index contributed by atoms with van der Waals surface area (Å²) >= 11 is 0. The second-order valence-corrected chi connectivity index (χ2v) is 2.60. The Morgan fingerprint density at radius 1 is 1.69 bits per heavy atom. The first kappa shape index (κ1) is 9.73. The van der Waals surface area contributed by atoms with Gasteiger partial charge in [-0.25, -0.2) is 0 Å². The topological polar surface area (TPSA) is 75.2 Å². The number of nitrogens with zero attached hydrogens (tertiary/aromatic N) is 1. The average Bonchev–Trinajstić information content (AvgIpc) is 2.03. The van der Waals surface area contributed by atoms with Gasteiger partial charge in [-0.05, 0) is 6.42 Å². The molecule has 1 aromatic heterocycles. The van der Waals surface area contributed by atoms with Gasteiger partial charge in [-0.1, -0.05) is 6.92 Å². The molecule has 0 aliphatic carbocycles. The lowest BCUT2D eigenvalue weighted by molar-refractivity contribution is 0.115. The van der Waals surface area contributed by atoms with Crippen molar-refractivity contribution in [2.45, 2.75) is 20.0 Å². The van der Waals surface area contributed by atoms with Gasteiger partial charge in [-0.3, -0.25) is 4.79 Å². The molecule has 0 amide bonds. The van der Waals surface area contributed by atoms with Gasteiger partial charge in [0.25, 0.3) is 5.56 Å². The fourth-order valence-electron chi connectivity index (χ4n) is 0.876. The van der Waals surface area contributed by atoms with Crippen LogP contribution in [0.2, 0.25) is 0 Å². The van der Waals surface area contributed by atoms with Gasteiger partial charge in [0.2, 0.25) is 5.88 Å². The zero-order valence-corrected chi connectivity index (χ0v) is 7.41. The molecular weight excluding hydrogens is 172 g/mol. The first-order valence-electron chi connectivity index (χ1n) is 4.09. The number of aromatic nitrogens is 2. The average molecular weight is 184 g/mol. The van der Waals surface area contributed by atoms with Crippen molar-refractivity contribution in [2.24, 2.45) is 0 Å². The van der Waals surface area contributed by atoms with Gasteiger partial charge in [-0.2, -0.15) is 4.98 Å². The molecule has 0 radical (unpaired) electrons. The lowest BCUT2D eigenvalue weighted by Gasteiger charge is -2.01. The lowest BCUT2D eigenvalue weighted by Crippen LogP contribution is -2.10. The minimum atomic E-state index is -0.373. The van der Waals surface area contributed by atoms with E-state index in [9.17, 15) is 4.79 Å². The number of nitrogens with one attached hydrogen (secondary N) is 1. The predicted octanol–water partition coefficient (Wildman–Crippen LogP) is 0.402. The monoisotopic (exact) mass is 184 g/mol. The Morgan fingerprint density at radius 2 is 2.46 bits per heavy atom. The molecule has 1 heterocycles. The van der Waals surface area contributed by atoms with Gasteiger partial charge in [-0.15, -0.1) is 0 Å². The van der Waals surface area contributed by atoms with Crippen molar-refractivity contribution in [3.05, 3.63) is 22.2 Å². The van der Waals surface area contributed by atoms with E-state index in [0.717, 1.165) is 12.5 Å². The molecule has 0 unspecified atom stereocenters. The van der Waals surface area contributed by atoms with Crippen LogP contribution in [-0.2, 0) is 11.3 Å². The number of hydrogen-bond donors (Lipinski definition) is 2. The molecule has 0 fully saturated rings. The van der Waals surface area contributed by atoms with Crippen LogP contribution in [0.5, 0.6) is 5.88 Å². The van der Waals surface area contributed by atoms with Crippen molar-refractivity contribution in [1.82, 2.24) is 9.97 Å². The third-order valence-corrected chi connectivity index (χ3v) is 1.36. The highest BCUT2D eigenvalue weighted by atomic mass is 16.5. The smallest absolute Gasteiger partial charge is 0.254 e. The molecule has 1 aromatic rings. The summed E-state index contributed by atoms with van der Waals surface area (Å²) in [5, 5.41) is 8.96. The van der Waals surface area contributed by atoms with E-state index in [0.29, 0.717) is 12.4 Å². The summed E-state index contributed by atoms with van der Waals surface area (Å²) in [6.45, 7) is 2.81. The van der Waals surface area contributed by atoms with E-state index < -0.39 is 0 Å². The number of H-pyrrole nitrogens is 1. The maximum absolute atomic E-state index is 10.8. The Balaban J connectivity index is 2.61. The van der Waals surface area contributed by atoms with Crippen molar-refractivity contribution >= 4 is 0 Å². The SMILES string of the molecule is CCCOCc1nc(O)cc(=O)[nH]1. The lowest BCUT2D eigenvalue weighted by atomic mass is 10.5. The number of rotatable bonds is 4. The molecule has 0 aliphatic heterocycles. The zero-order chi connectivity index (χ0) is 9.68. The van der Waals surface area contributed by atoms with Crippen LogP contribution >= 0.6 is 0 Å². The summed E-state index contributed by atoms with van der Waals surface area (Å²) in [5.74, 6) is 0.0669. The quantitative estimate of drug-likeness (QED) is 0.664. The largest absolute Gasteiger partial charge is 0.493 e. The molecular formula is C8H12N2O3. The van der Waals surface area contributed by atoms with Crippen LogP contribution in [0.4, 0.5) is 0 Å². The van der Waals surface area contributed by atoms with Crippen LogP contribution in [0, 0.1) is 0 Å². The predicted molar refractivity (Wildman–Crippen MR) is 46.5 cm³/mol. The second-order valence-electron chi connectivity index (χ2n) is 2.60. The normalized spacial score (nSPS) is 10.2. The molecule has 5 nitrogen and oxygen atoms in total. The Labute approximate surface area is 75.4 Å². The Hall–Kier alpha value is -1.36. The highest BCUT2D eigenvalue weighted by Crippen LogP contribution is 1.99. The van der Waals surface area contributed by atoms with Crippen LogP contribution in [0.1, 0.15) is 19.2 Å². The van der Waals surface area contributed by atoms with E-state index in [1.807, 2.05) is 6.92 Å². The molecule has 0 spiro atoms. The van der Waals surface area contributed by atoms with E-state index in [4.69, 9.17) is 9.84 Å². The fourth-order valence-corrected chi connectivity index (χ4v) is 0.876. The highest BCUT2D eigenvalue weighted by molar-refractivity contribution is 5.05. The van der Waals surface area contributed by atoms with Crippen molar-refractivity contribution < 1.29 is 9.84 Å². The van der Waals surface area contributed by atoms with Gasteiger partial charge in [0.05, 0.1) is 6.07 Å². The van der Waals surface area contributed by atoms with Crippen molar-refractivity contribution in [3.63, 3.8) is 0 Å². The Bertz CT molecular complexity index is 321. The summed E-state index contributed by atoms with van der Waals surface area (Å²) in [7, 11) is 0. The number of hydrogen-bond acceptors (Lipinski definition) is 4. The number of aromatic hydroxyl groups is 1. The molecule has 0 saturated heterocycles. The molecule has 72 valence electrons. The van der Waals surface area contributed by atoms with Crippen LogP contribution in [0.25, 0.3) is 0 Å². The van der Waals surface area contributed by atoms with Gasteiger partial charge in [0.15, 0.2) is 0 Å². The summed E-state index contributed by atoms with van der Waals surface area (Å²) in [6.07, 6.45) is 0.906. The fraction of sp³-hybridized carbons (Fsp3) is 0.500. The van der Waals surface area contributed by atoms with Crippen LogP contribution in [0.15, 0.2) is 10.9 Å². The second kappa shape index (κ2) is 4.61. The first-order valence-corrected chi connectivity index (χ1v) is 4.09. The molecule has 0 atom stereocenters. The van der Waals surface area contributed by atoms with Crippen LogP contribution < -0.4 is 5.56 Å². The summed E-state index contributed by atoms with van der Waals surface area (Å²) in [5.41, 5.74) is -0.373. The highest BCUT2D eigenvalue weighted by Gasteiger charge is 1.98. The zero-order valence-electron chi connectivity index (χ0n) is 7.41. The molecule has 5 heteroatoms. The summed E-state index contributed by atoms with van der Waals surface area (Å²) < 4.78 is 5.14. The van der Waals surface area contributed by atoms with Crippen molar-refractivity contribution in [1.29, 1.82) is 0 Å². The molecule has 2 N–H and O–H groups in total. The molecule has 1 rings (SSSR count). The minimum Gasteiger partial charge on any atom is -0.493 e. The summed E-state index contributed by atoms with van der Waals surface area (Å²) in [6, 6.07) is 1.02. The van der Waals surface area contributed by atoms with Gasteiger partial charge < -0.3 is 14.8 Å². The van der Waals surface area contributed by atoms with Crippen LogP contribution in [-0.4, -0.2) is 21.7 Å². The molecule has 0 saturated carbocycles. The van der Waals surface area contributed by atoms with Gasteiger partial charge in [0, 0.05) is 6.61 Å². The molecule has 13 heavy (non-hydrogen) atoms. The van der Waals surface area contributed by atoms with Crippen molar-refractivity contribution in [2.75, 3.05) is 6.61 Å². The van der Waals surface area contributed by atoms with Gasteiger partial charge in [0.1, 0.15) is 12.4 Å². The van der Waals surface area contributed by atoms with E-state index in [1.165, 1.54) is 0 Å². The number of ether oxygens (including phenoxy) is 1. The van der Waals surface area contributed by atoms with E-state index in [-0.39, 0.29) is 18.0 Å². The maximum Gasteiger partial charge on any atom is 0.254 e. The molecule has 0 bridgehead atoms. The van der Waals surface area contributed by atoms with Gasteiger partial charge >= 0.3 is 0 Å². The molecule has 0 aromatic carbocycles. The summed E-state index contributed by atoms with van der Waals surface area (Å²) in [4.78, 5) is 17.0. The maximum atomic E-state index is 10.8. The van der Waals surface area contributed by atoms with Crippen molar-refractivity contribution in [3.8, 4) is 5.88 Å². The van der Waals surface area contributed by atoms with Crippen LogP contribution in [0.3, 0.4) is 0 Å².